The molecule has 0 aromatic carbocycles. The number of aromatic nitrogens is 1. The Hall–Kier alpha value is -1.14. The van der Waals surface area contributed by atoms with E-state index in [0.717, 1.165) is 10.6 Å². The van der Waals surface area contributed by atoms with Gasteiger partial charge in [-0.05, 0) is 35.8 Å². The molecule has 0 fully saturated rings. The van der Waals surface area contributed by atoms with Crippen LogP contribution in [0.2, 0.25) is 0 Å². The number of nitrogens with zero attached hydrogens (tertiary/aromatic N) is 1. The molecule has 0 saturated carbocycles. The largest absolute Gasteiger partial charge is 0.457 e. The fourth-order valence-corrected chi connectivity index (χ4v) is 2.38. The van der Waals surface area contributed by atoms with Crippen LogP contribution in [-0.4, -0.2) is 10.9 Å². The SMILES string of the molecule is Cc1nc(NC(=O)c2ccoc2Br)sc1C. The number of thiazole rings is 1. The molecule has 2 aromatic rings. The number of nitrogens with one attached hydrogen (secondary N) is 1. The van der Waals surface area contributed by atoms with Crippen molar-refractivity contribution in [3.05, 3.63) is 33.1 Å². The van der Waals surface area contributed by atoms with Crippen LogP contribution in [0, 0.1) is 13.8 Å². The molecule has 16 heavy (non-hydrogen) atoms. The maximum atomic E-state index is 11.8. The minimum absolute atomic E-state index is 0.227. The van der Waals surface area contributed by atoms with Gasteiger partial charge in [0.1, 0.15) is 0 Å². The standard InChI is InChI=1S/C10H9BrN2O2S/c1-5-6(2)16-10(12-5)13-9(14)7-3-4-15-8(7)11/h3-4H,1-2H3,(H,12,13,14). The van der Waals surface area contributed by atoms with Gasteiger partial charge in [-0.1, -0.05) is 0 Å². The van der Waals surface area contributed by atoms with Gasteiger partial charge in [0.15, 0.2) is 9.80 Å². The molecule has 1 N–H and O–H groups in total. The van der Waals surface area contributed by atoms with Crippen LogP contribution in [0.3, 0.4) is 0 Å². The van der Waals surface area contributed by atoms with Gasteiger partial charge in [0.2, 0.25) is 0 Å². The first kappa shape index (κ1) is 11.3. The number of furan rings is 1. The van der Waals surface area contributed by atoms with Gasteiger partial charge in [-0.3, -0.25) is 10.1 Å². The van der Waals surface area contributed by atoms with E-state index >= 15 is 0 Å². The van der Waals surface area contributed by atoms with E-state index in [1.807, 2.05) is 13.8 Å². The highest BCUT2D eigenvalue weighted by Gasteiger charge is 2.14. The second-order valence-corrected chi connectivity index (χ2v) is 5.15. The molecule has 0 aliphatic carbocycles. The van der Waals surface area contributed by atoms with Crippen LogP contribution in [-0.2, 0) is 0 Å². The Bertz CT molecular complexity index is 513. The summed E-state index contributed by atoms with van der Waals surface area (Å²) in [6.07, 6.45) is 1.46. The van der Waals surface area contributed by atoms with Crippen molar-refractivity contribution in [3.8, 4) is 0 Å². The van der Waals surface area contributed by atoms with E-state index < -0.39 is 0 Å². The summed E-state index contributed by atoms with van der Waals surface area (Å²) >= 11 is 4.61. The molecule has 4 nitrogen and oxygen atoms in total. The van der Waals surface area contributed by atoms with Gasteiger partial charge < -0.3 is 4.42 Å². The summed E-state index contributed by atoms with van der Waals surface area (Å²) in [6.45, 7) is 3.88. The Kier molecular flexibility index (Phi) is 3.11. The highest BCUT2D eigenvalue weighted by molar-refractivity contribution is 9.10. The summed E-state index contributed by atoms with van der Waals surface area (Å²) < 4.78 is 5.42. The monoisotopic (exact) mass is 300 g/mol. The summed E-state index contributed by atoms with van der Waals surface area (Å²) in [5, 5.41) is 3.33. The topological polar surface area (TPSA) is 55.1 Å². The van der Waals surface area contributed by atoms with Crippen LogP contribution in [0.15, 0.2) is 21.4 Å². The molecule has 0 saturated heterocycles. The maximum absolute atomic E-state index is 11.8. The predicted octanol–water partition coefficient (Wildman–Crippen LogP) is 3.37. The van der Waals surface area contributed by atoms with E-state index in [9.17, 15) is 4.79 Å². The van der Waals surface area contributed by atoms with Crippen LogP contribution in [0.1, 0.15) is 20.9 Å². The molecule has 0 aliphatic rings. The van der Waals surface area contributed by atoms with Gasteiger partial charge in [-0.2, -0.15) is 0 Å². The number of carbonyl (C=O) groups is 1. The van der Waals surface area contributed by atoms with Crippen molar-refractivity contribution < 1.29 is 9.21 Å². The summed E-state index contributed by atoms with van der Waals surface area (Å²) in [5.41, 5.74) is 1.40. The van der Waals surface area contributed by atoms with Gasteiger partial charge in [-0.15, -0.1) is 11.3 Å². The lowest BCUT2D eigenvalue weighted by Gasteiger charge is -1.98. The lowest BCUT2D eigenvalue weighted by Crippen LogP contribution is -2.11. The third-order valence-corrected chi connectivity index (χ3v) is 3.71. The molecular formula is C10H9BrN2O2S. The van der Waals surface area contributed by atoms with E-state index in [1.165, 1.54) is 17.6 Å². The second-order valence-electron chi connectivity index (χ2n) is 3.22. The van der Waals surface area contributed by atoms with Crippen LogP contribution in [0.4, 0.5) is 5.13 Å². The van der Waals surface area contributed by atoms with E-state index in [1.54, 1.807) is 6.07 Å². The summed E-state index contributed by atoms with van der Waals surface area (Å²) in [6, 6.07) is 1.60. The lowest BCUT2D eigenvalue weighted by atomic mass is 10.3. The third-order valence-electron chi connectivity index (χ3n) is 2.11. The first-order valence-electron chi connectivity index (χ1n) is 4.56. The van der Waals surface area contributed by atoms with Crippen molar-refractivity contribution in [3.63, 3.8) is 0 Å². The minimum atomic E-state index is -0.227. The number of rotatable bonds is 2. The Morgan fingerprint density at radius 1 is 1.56 bits per heavy atom. The molecule has 2 aromatic heterocycles. The number of aryl methyl sites for hydroxylation is 2. The highest BCUT2D eigenvalue weighted by atomic mass is 79.9. The molecule has 0 bridgehead atoms. The molecule has 0 radical (unpaired) electrons. The fraction of sp³-hybridized carbons (Fsp3) is 0.200. The first-order chi connectivity index (χ1) is 7.58. The van der Waals surface area contributed by atoms with Crippen molar-refractivity contribution in [2.75, 3.05) is 5.32 Å². The number of anilines is 1. The fourth-order valence-electron chi connectivity index (χ4n) is 1.15. The number of amides is 1. The van der Waals surface area contributed by atoms with Crippen molar-refractivity contribution >= 4 is 38.3 Å². The molecule has 1 amide bonds. The van der Waals surface area contributed by atoms with Gasteiger partial charge >= 0.3 is 0 Å². The zero-order valence-electron chi connectivity index (χ0n) is 8.70. The van der Waals surface area contributed by atoms with Crippen molar-refractivity contribution in [1.82, 2.24) is 4.98 Å². The number of halogens is 1. The molecule has 2 rings (SSSR count). The average molecular weight is 301 g/mol. The van der Waals surface area contributed by atoms with Gasteiger partial charge in [-0.25, -0.2) is 4.98 Å². The predicted molar refractivity (Wildman–Crippen MR) is 65.9 cm³/mol. The summed E-state index contributed by atoms with van der Waals surface area (Å²) in [7, 11) is 0. The van der Waals surface area contributed by atoms with E-state index in [0.29, 0.717) is 15.4 Å². The van der Waals surface area contributed by atoms with Crippen molar-refractivity contribution in [2.24, 2.45) is 0 Å². The zero-order valence-corrected chi connectivity index (χ0v) is 11.1. The average Bonchev–Trinajstić information content (AvgIpc) is 2.74. The van der Waals surface area contributed by atoms with Gasteiger partial charge in [0.05, 0.1) is 17.5 Å². The van der Waals surface area contributed by atoms with E-state index in [-0.39, 0.29) is 5.91 Å². The van der Waals surface area contributed by atoms with Crippen molar-refractivity contribution in [1.29, 1.82) is 0 Å². The lowest BCUT2D eigenvalue weighted by molar-refractivity contribution is 0.102. The zero-order chi connectivity index (χ0) is 11.7. The smallest absolute Gasteiger partial charge is 0.261 e. The minimum Gasteiger partial charge on any atom is -0.457 e. The molecule has 2 heterocycles. The molecule has 0 spiro atoms. The Balaban J connectivity index is 2.17. The van der Waals surface area contributed by atoms with Crippen LogP contribution < -0.4 is 5.32 Å². The van der Waals surface area contributed by atoms with Gasteiger partial charge in [0, 0.05) is 4.88 Å². The summed E-state index contributed by atoms with van der Waals surface area (Å²) in [5.74, 6) is -0.227. The Labute approximate surface area is 105 Å². The molecule has 0 unspecified atom stereocenters. The Morgan fingerprint density at radius 2 is 2.31 bits per heavy atom. The Morgan fingerprint density at radius 3 is 2.81 bits per heavy atom. The van der Waals surface area contributed by atoms with E-state index in [2.05, 4.69) is 26.2 Å². The van der Waals surface area contributed by atoms with Gasteiger partial charge in [0.25, 0.3) is 5.91 Å². The maximum Gasteiger partial charge on any atom is 0.261 e. The molecule has 0 aliphatic heterocycles. The number of hydrogen-bond donors (Lipinski definition) is 1. The number of hydrogen-bond acceptors (Lipinski definition) is 4. The normalized spacial score (nSPS) is 10.4. The van der Waals surface area contributed by atoms with Crippen LogP contribution in [0.5, 0.6) is 0 Å². The molecular weight excluding hydrogens is 292 g/mol. The van der Waals surface area contributed by atoms with Crippen LogP contribution in [0.25, 0.3) is 0 Å². The first-order valence-corrected chi connectivity index (χ1v) is 6.17. The van der Waals surface area contributed by atoms with E-state index in [4.69, 9.17) is 4.42 Å². The third kappa shape index (κ3) is 2.17. The molecule has 6 heteroatoms. The molecule has 0 atom stereocenters. The quantitative estimate of drug-likeness (QED) is 0.925. The van der Waals surface area contributed by atoms with Crippen LogP contribution >= 0.6 is 27.3 Å². The molecule has 84 valence electrons. The highest BCUT2D eigenvalue weighted by Crippen LogP contribution is 2.23. The second kappa shape index (κ2) is 4.39. The number of carbonyl (C=O) groups excluding carboxylic acids is 1. The van der Waals surface area contributed by atoms with Crippen molar-refractivity contribution in [2.45, 2.75) is 13.8 Å². The summed E-state index contributed by atoms with van der Waals surface area (Å²) in [4.78, 5) is 17.1.